The highest BCUT2D eigenvalue weighted by atomic mass is 16.4. The van der Waals surface area contributed by atoms with E-state index in [1.807, 2.05) is 42.5 Å². The van der Waals surface area contributed by atoms with Crippen molar-refractivity contribution in [2.24, 2.45) is 23.7 Å². The van der Waals surface area contributed by atoms with E-state index < -0.39 is 17.8 Å². The van der Waals surface area contributed by atoms with Gasteiger partial charge in [0.25, 0.3) is 0 Å². The molecule has 20 heavy (non-hydrogen) atoms. The van der Waals surface area contributed by atoms with E-state index in [2.05, 4.69) is 5.32 Å². The Labute approximate surface area is 117 Å². The van der Waals surface area contributed by atoms with Crippen molar-refractivity contribution in [3.8, 4) is 0 Å². The highest BCUT2D eigenvalue weighted by molar-refractivity contribution is 5.86. The van der Waals surface area contributed by atoms with Gasteiger partial charge in [0.2, 0.25) is 5.91 Å². The van der Waals surface area contributed by atoms with Crippen LogP contribution in [0.5, 0.6) is 0 Å². The summed E-state index contributed by atoms with van der Waals surface area (Å²) in [6.07, 6.45) is 4.74. The summed E-state index contributed by atoms with van der Waals surface area (Å²) in [7, 11) is 0. The Bertz CT molecular complexity index is 552. The first-order valence-corrected chi connectivity index (χ1v) is 6.89. The first-order valence-electron chi connectivity index (χ1n) is 6.89. The summed E-state index contributed by atoms with van der Waals surface area (Å²) in [5.74, 6) is -1.89. The molecule has 104 valence electrons. The van der Waals surface area contributed by atoms with Crippen LogP contribution >= 0.6 is 0 Å². The number of hydrogen-bond acceptors (Lipinski definition) is 2. The highest BCUT2D eigenvalue weighted by Crippen LogP contribution is 2.48. The first kappa shape index (κ1) is 12.9. The second-order valence-electron chi connectivity index (χ2n) is 5.54. The van der Waals surface area contributed by atoms with Gasteiger partial charge in [-0.25, -0.2) is 0 Å². The summed E-state index contributed by atoms with van der Waals surface area (Å²) in [5, 5.41) is 12.2. The lowest BCUT2D eigenvalue weighted by atomic mass is 9.82. The number of aliphatic carboxylic acids is 1. The second kappa shape index (κ2) is 5.12. The molecule has 1 saturated carbocycles. The topological polar surface area (TPSA) is 66.4 Å². The zero-order valence-electron chi connectivity index (χ0n) is 11.0. The Morgan fingerprint density at radius 3 is 2.40 bits per heavy atom. The fourth-order valence-electron chi connectivity index (χ4n) is 3.42. The average molecular weight is 271 g/mol. The Kier molecular flexibility index (Phi) is 3.30. The monoisotopic (exact) mass is 271 g/mol. The number of rotatable bonds is 4. The van der Waals surface area contributed by atoms with Crippen molar-refractivity contribution in [2.75, 3.05) is 0 Å². The Balaban J connectivity index is 1.68. The van der Waals surface area contributed by atoms with Crippen molar-refractivity contribution in [3.05, 3.63) is 48.0 Å². The lowest BCUT2D eigenvalue weighted by molar-refractivity contribution is -0.147. The van der Waals surface area contributed by atoms with Gasteiger partial charge in [0, 0.05) is 6.54 Å². The summed E-state index contributed by atoms with van der Waals surface area (Å²) in [6, 6.07) is 9.64. The molecular formula is C16H17NO3. The number of carbonyl (C=O) groups is 2. The smallest absolute Gasteiger partial charge is 0.307 e. The minimum absolute atomic E-state index is 0.0185. The van der Waals surface area contributed by atoms with Crippen LogP contribution in [-0.4, -0.2) is 17.0 Å². The van der Waals surface area contributed by atoms with Gasteiger partial charge in [-0.05, 0) is 23.8 Å². The van der Waals surface area contributed by atoms with Gasteiger partial charge in [0.15, 0.2) is 0 Å². The molecule has 2 N–H and O–H groups in total. The molecule has 0 saturated heterocycles. The number of carbonyl (C=O) groups excluding carboxylic acids is 1. The van der Waals surface area contributed by atoms with Crippen LogP contribution in [0.4, 0.5) is 0 Å². The molecule has 3 rings (SSSR count). The lowest BCUT2D eigenvalue weighted by Crippen LogP contribution is -2.39. The summed E-state index contributed by atoms with van der Waals surface area (Å²) in [4.78, 5) is 23.7. The van der Waals surface area contributed by atoms with Gasteiger partial charge in [-0.3, -0.25) is 9.59 Å². The molecule has 2 aliphatic carbocycles. The van der Waals surface area contributed by atoms with Gasteiger partial charge < -0.3 is 10.4 Å². The molecule has 0 heterocycles. The molecule has 0 spiro atoms. The van der Waals surface area contributed by atoms with Crippen LogP contribution in [0.1, 0.15) is 12.0 Å². The molecule has 4 nitrogen and oxygen atoms in total. The van der Waals surface area contributed by atoms with Gasteiger partial charge in [0.05, 0.1) is 11.8 Å². The molecule has 1 amide bonds. The van der Waals surface area contributed by atoms with Crippen molar-refractivity contribution in [3.63, 3.8) is 0 Å². The first-order chi connectivity index (χ1) is 9.66. The van der Waals surface area contributed by atoms with Crippen molar-refractivity contribution in [1.29, 1.82) is 0 Å². The standard InChI is InChI=1S/C16H17NO3/c18-15(17-9-10-4-2-1-3-5-10)13-11-6-7-12(8-11)14(13)16(19)20/h1-7,11-14H,8-9H2,(H,17,18)(H,19,20)/t11?,12?,13-,14+/m0/s1. The number of nitrogens with one attached hydrogen (secondary N) is 1. The third kappa shape index (κ3) is 2.22. The molecule has 2 bridgehead atoms. The maximum Gasteiger partial charge on any atom is 0.307 e. The summed E-state index contributed by atoms with van der Waals surface area (Å²) >= 11 is 0. The van der Waals surface area contributed by atoms with Crippen LogP contribution in [0.15, 0.2) is 42.5 Å². The molecule has 0 aromatic heterocycles. The summed E-state index contributed by atoms with van der Waals surface area (Å²) in [5.41, 5.74) is 1.02. The number of allylic oxidation sites excluding steroid dienone is 2. The predicted octanol–water partition coefficient (Wildman–Crippen LogP) is 1.83. The molecule has 4 heteroatoms. The Hall–Kier alpha value is -2.10. The zero-order valence-corrected chi connectivity index (χ0v) is 11.0. The fraction of sp³-hybridized carbons (Fsp3) is 0.375. The van der Waals surface area contributed by atoms with Crippen LogP contribution in [0, 0.1) is 23.7 Å². The van der Waals surface area contributed by atoms with Crippen LogP contribution in [0.2, 0.25) is 0 Å². The molecule has 0 aliphatic heterocycles. The van der Waals surface area contributed by atoms with Crippen LogP contribution in [0.3, 0.4) is 0 Å². The maximum atomic E-state index is 12.3. The van der Waals surface area contributed by atoms with E-state index in [9.17, 15) is 14.7 Å². The molecule has 4 atom stereocenters. The van der Waals surface area contributed by atoms with Crippen molar-refractivity contribution in [2.45, 2.75) is 13.0 Å². The molecule has 2 unspecified atom stereocenters. The number of hydrogen-bond donors (Lipinski definition) is 2. The van der Waals surface area contributed by atoms with Gasteiger partial charge in [-0.2, -0.15) is 0 Å². The second-order valence-corrected chi connectivity index (χ2v) is 5.54. The molecule has 1 fully saturated rings. The van der Waals surface area contributed by atoms with Gasteiger partial charge >= 0.3 is 5.97 Å². The highest BCUT2D eigenvalue weighted by Gasteiger charge is 2.51. The van der Waals surface area contributed by atoms with E-state index in [0.29, 0.717) is 6.54 Å². The van der Waals surface area contributed by atoms with E-state index >= 15 is 0 Å². The van der Waals surface area contributed by atoms with Crippen molar-refractivity contribution < 1.29 is 14.7 Å². The van der Waals surface area contributed by atoms with Gasteiger partial charge in [-0.1, -0.05) is 42.5 Å². The summed E-state index contributed by atoms with van der Waals surface area (Å²) < 4.78 is 0. The molecular weight excluding hydrogens is 254 g/mol. The van der Waals surface area contributed by atoms with Crippen molar-refractivity contribution in [1.82, 2.24) is 5.32 Å². The molecule has 2 aliphatic rings. The Morgan fingerprint density at radius 2 is 1.75 bits per heavy atom. The van der Waals surface area contributed by atoms with E-state index in [1.165, 1.54) is 0 Å². The van der Waals surface area contributed by atoms with E-state index in [1.54, 1.807) is 0 Å². The Morgan fingerprint density at radius 1 is 1.10 bits per heavy atom. The van der Waals surface area contributed by atoms with Gasteiger partial charge in [0.1, 0.15) is 0 Å². The van der Waals surface area contributed by atoms with Gasteiger partial charge in [-0.15, -0.1) is 0 Å². The van der Waals surface area contributed by atoms with Crippen LogP contribution in [-0.2, 0) is 16.1 Å². The normalized spacial score (nSPS) is 30.4. The van der Waals surface area contributed by atoms with Crippen molar-refractivity contribution >= 4 is 11.9 Å². The SMILES string of the molecule is O=C(O)[C@@H]1C2C=CC(C2)[C@@H]1C(=O)NCc1ccccc1. The fourth-order valence-corrected chi connectivity index (χ4v) is 3.42. The number of carboxylic acids is 1. The number of carboxylic acid groups (broad SMARTS) is 1. The molecule has 1 aromatic rings. The molecule has 0 radical (unpaired) electrons. The van der Waals surface area contributed by atoms with Crippen LogP contribution < -0.4 is 5.32 Å². The van der Waals surface area contributed by atoms with E-state index in [0.717, 1.165) is 12.0 Å². The third-order valence-electron chi connectivity index (χ3n) is 4.36. The zero-order chi connectivity index (χ0) is 14.1. The number of fused-ring (bicyclic) bond motifs is 2. The molecule has 1 aromatic carbocycles. The van der Waals surface area contributed by atoms with Crippen LogP contribution in [0.25, 0.3) is 0 Å². The minimum atomic E-state index is -0.860. The van der Waals surface area contributed by atoms with E-state index in [4.69, 9.17) is 0 Å². The largest absolute Gasteiger partial charge is 0.481 e. The third-order valence-corrected chi connectivity index (χ3v) is 4.36. The van der Waals surface area contributed by atoms with E-state index in [-0.39, 0.29) is 17.7 Å². The minimum Gasteiger partial charge on any atom is -0.481 e. The summed E-state index contributed by atoms with van der Waals surface area (Å²) in [6.45, 7) is 0.448. The number of amides is 1. The average Bonchev–Trinajstić information content (AvgIpc) is 3.06. The number of benzene rings is 1. The maximum absolute atomic E-state index is 12.3. The quantitative estimate of drug-likeness (QED) is 0.821. The predicted molar refractivity (Wildman–Crippen MR) is 73.6 cm³/mol. The lowest BCUT2D eigenvalue weighted by Gasteiger charge is -2.23.